The normalized spacial score (nSPS) is 18.1. The van der Waals surface area contributed by atoms with Crippen molar-refractivity contribution in [3.8, 4) is 0 Å². The Kier molecular flexibility index (Phi) is 2.93. The minimum absolute atomic E-state index is 0.171. The van der Waals surface area contributed by atoms with Gasteiger partial charge in [-0.15, -0.1) is 11.3 Å². The lowest BCUT2D eigenvalue weighted by Crippen LogP contribution is -2.26. The van der Waals surface area contributed by atoms with Gasteiger partial charge in [-0.2, -0.15) is 0 Å². The van der Waals surface area contributed by atoms with Crippen molar-refractivity contribution in [1.29, 1.82) is 0 Å². The molecule has 1 aliphatic carbocycles. The number of hydrogen-bond acceptors (Lipinski definition) is 4. The van der Waals surface area contributed by atoms with Gasteiger partial charge >= 0.3 is 0 Å². The molecular formula is C10H13NO2S. The van der Waals surface area contributed by atoms with Crippen LogP contribution in [0.2, 0.25) is 0 Å². The summed E-state index contributed by atoms with van der Waals surface area (Å²) in [4.78, 5) is 15.9. The van der Waals surface area contributed by atoms with E-state index in [4.69, 9.17) is 4.74 Å². The van der Waals surface area contributed by atoms with Gasteiger partial charge in [0.25, 0.3) is 0 Å². The van der Waals surface area contributed by atoms with Gasteiger partial charge in [-0.25, -0.2) is 4.98 Å². The molecule has 1 aromatic rings. The average Bonchev–Trinajstić information content (AvgIpc) is 2.86. The highest BCUT2D eigenvalue weighted by Gasteiger charge is 2.36. The fraction of sp³-hybridized carbons (Fsp3) is 0.600. The van der Waals surface area contributed by atoms with Gasteiger partial charge in [0.15, 0.2) is 5.78 Å². The molecule has 2 rings (SSSR count). The molecule has 1 aliphatic rings. The van der Waals surface area contributed by atoms with Gasteiger partial charge in [-0.1, -0.05) is 0 Å². The van der Waals surface area contributed by atoms with Crippen LogP contribution in [0.3, 0.4) is 0 Å². The van der Waals surface area contributed by atoms with Gasteiger partial charge in [0.2, 0.25) is 0 Å². The summed E-state index contributed by atoms with van der Waals surface area (Å²) in [6.45, 7) is 0. The van der Waals surface area contributed by atoms with Crippen LogP contribution in [0.4, 0.5) is 0 Å². The molecular weight excluding hydrogens is 198 g/mol. The number of methoxy groups -OCH3 is 1. The molecule has 1 fully saturated rings. The molecule has 0 bridgehead atoms. The molecule has 0 aromatic carbocycles. The van der Waals surface area contributed by atoms with Gasteiger partial charge in [-0.3, -0.25) is 4.79 Å². The van der Waals surface area contributed by atoms with Crippen LogP contribution in [0.25, 0.3) is 0 Å². The zero-order valence-corrected chi connectivity index (χ0v) is 8.92. The highest BCUT2D eigenvalue weighted by Crippen LogP contribution is 2.34. The number of ketones is 1. The fourth-order valence-corrected chi connectivity index (χ4v) is 2.20. The summed E-state index contributed by atoms with van der Waals surface area (Å²) in [6.07, 6.45) is 4.21. The van der Waals surface area contributed by atoms with E-state index in [1.165, 1.54) is 11.3 Å². The molecule has 0 aliphatic heterocycles. The Morgan fingerprint density at radius 2 is 2.57 bits per heavy atom. The van der Waals surface area contributed by atoms with E-state index in [1.807, 2.05) is 5.38 Å². The molecule has 0 amide bonds. The van der Waals surface area contributed by atoms with Crippen molar-refractivity contribution in [3.63, 3.8) is 0 Å². The van der Waals surface area contributed by atoms with Crippen molar-refractivity contribution in [2.75, 3.05) is 7.11 Å². The molecule has 1 atom stereocenters. The highest BCUT2D eigenvalue weighted by molar-refractivity contribution is 7.09. The van der Waals surface area contributed by atoms with Crippen molar-refractivity contribution in [3.05, 3.63) is 16.6 Å². The van der Waals surface area contributed by atoms with Crippen LogP contribution in [0, 0.1) is 5.92 Å². The summed E-state index contributed by atoms with van der Waals surface area (Å²) >= 11 is 1.52. The van der Waals surface area contributed by atoms with E-state index in [1.54, 1.807) is 13.3 Å². The summed E-state index contributed by atoms with van der Waals surface area (Å²) in [6, 6.07) is 0. The summed E-state index contributed by atoms with van der Waals surface area (Å²) in [5, 5.41) is 2.78. The van der Waals surface area contributed by atoms with Crippen LogP contribution >= 0.6 is 11.3 Å². The van der Waals surface area contributed by atoms with Crippen LogP contribution < -0.4 is 0 Å². The molecule has 76 valence electrons. The van der Waals surface area contributed by atoms with Crippen molar-refractivity contribution in [2.24, 2.45) is 5.92 Å². The lowest BCUT2D eigenvalue weighted by Gasteiger charge is -2.11. The van der Waals surface area contributed by atoms with E-state index in [2.05, 4.69) is 4.98 Å². The third-order valence-corrected chi connectivity index (χ3v) is 3.21. The number of ether oxygens (including phenoxy) is 1. The van der Waals surface area contributed by atoms with Gasteiger partial charge in [0.05, 0.1) is 11.4 Å². The van der Waals surface area contributed by atoms with Crippen LogP contribution in [-0.4, -0.2) is 24.0 Å². The standard InChI is InChI=1S/C10H13NO2S/c1-13-10(7-2-3-7)8(12)6-9-11-4-5-14-9/h4-5,7,10H,2-3,6H2,1H3. The number of rotatable bonds is 5. The minimum atomic E-state index is -0.195. The zero-order chi connectivity index (χ0) is 9.97. The molecule has 1 heterocycles. The van der Waals surface area contributed by atoms with E-state index in [0.717, 1.165) is 17.8 Å². The molecule has 4 heteroatoms. The number of thiazole rings is 1. The summed E-state index contributed by atoms with van der Waals surface area (Å²) in [7, 11) is 1.61. The number of Topliss-reactive ketones (excluding diaryl/α,β-unsaturated/α-hetero) is 1. The second-order valence-electron chi connectivity index (χ2n) is 3.56. The number of aromatic nitrogens is 1. The summed E-state index contributed by atoms with van der Waals surface area (Å²) < 4.78 is 5.21. The zero-order valence-electron chi connectivity index (χ0n) is 8.10. The third-order valence-electron chi connectivity index (χ3n) is 2.43. The van der Waals surface area contributed by atoms with E-state index in [-0.39, 0.29) is 11.9 Å². The lowest BCUT2D eigenvalue weighted by atomic mass is 10.1. The number of carbonyl (C=O) groups is 1. The second kappa shape index (κ2) is 4.19. The molecule has 0 N–H and O–H groups in total. The van der Waals surface area contributed by atoms with Crippen molar-refractivity contribution in [2.45, 2.75) is 25.4 Å². The Morgan fingerprint density at radius 3 is 3.07 bits per heavy atom. The molecule has 0 radical (unpaired) electrons. The smallest absolute Gasteiger partial charge is 0.168 e. The van der Waals surface area contributed by atoms with E-state index < -0.39 is 0 Å². The molecule has 1 aromatic heterocycles. The van der Waals surface area contributed by atoms with Gasteiger partial charge in [0.1, 0.15) is 6.10 Å². The maximum Gasteiger partial charge on any atom is 0.168 e. The Morgan fingerprint density at radius 1 is 1.79 bits per heavy atom. The SMILES string of the molecule is COC(C(=O)Cc1nccs1)C1CC1. The molecule has 14 heavy (non-hydrogen) atoms. The number of carbonyl (C=O) groups excluding carboxylic acids is 1. The Balaban J connectivity index is 1.93. The van der Waals surface area contributed by atoms with E-state index in [0.29, 0.717) is 12.3 Å². The predicted molar refractivity (Wildman–Crippen MR) is 54.3 cm³/mol. The van der Waals surface area contributed by atoms with Crippen LogP contribution in [-0.2, 0) is 16.0 Å². The minimum Gasteiger partial charge on any atom is -0.373 e. The van der Waals surface area contributed by atoms with E-state index in [9.17, 15) is 4.79 Å². The fourth-order valence-electron chi connectivity index (χ4n) is 1.58. The second-order valence-corrected chi connectivity index (χ2v) is 4.54. The van der Waals surface area contributed by atoms with Crippen LogP contribution in [0.15, 0.2) is 11.6 Å². The first-order chi connectivity index (χ1) is 6.81. The molecule has 0 spiro atoms. The quantitative estimate of drug-likeness (QED) is 0.744. The largest absolute Gasteiger partial charge is 0.373 e. The number of nitrogens with zero attached hydrogens (tertiary/aromatic N) is 1. The number of hydrogen-bond donors (Lipinski definition) is 0. The Bertz CT molecular complexity index is 306. The van der Waals surface area contributed by atoms with Crippen molar-refractivity contribution >= 4 is 17.1 Å². The topological polar surface area (TPSA) is 39.2 Å². The first-order valence-corrected chi connectivity index (χ1v) is 5.63. The predicted octanol–water partition coefficient (Wildman–Crippen LogP) is 1.68. The summed E-state index contributed by atoms with van der Waals surface area (Å²) in [5.41, 5.74) is 0. The maximum absolute atomic E-state index is 11.8. The summed E-state index contributed by atoms with van der Waals surface area (Å²) in [5.74, 6) is 0.636. The van der Waals surface area contributed by atoms with Gasteiger partial charge in [0, 0.05) is 18.7 Å². The first kappa shape index (κ1) is 9.80. The van der Waals surface area contributed by atoms with Crippen molar-refractivity contribution in [1.82, 2.24) is 4.98 Å². The Labute approximate surface area is 87.1 Å². The van der Waals surface area contributed by atoms with Gasteiger partial charge in [-0.05, 0) is 18.8 Å². The molecule has 3 nitrogen and oxygen atoms in total. The van der Waals surface area contributed by atoms with Crippen molar-refractivity contribution < 1.29 is 9.53 Å². The van der Waals surface area contributed by atoms with Crippen LogP contribution in [0.1, 0.15) is 17.8 Å². The lowest BCUT2D eigenvalue weighted by molar-refractivity contribution is -0.129. The molecule has 0 saturated heterocycles. The highest BCUT2D eigenvalue weighted by atomic mass is 32.1. The Hall–Kier alpha value is -0.740. The monoisotopic (exact) mass is 211 g/mol. The van der Waals surface area contributed by atoms with Gasteiger partial charge < -0.3 is 4.74 Å². The maximum atomic E-state index is 11.8. The van der Waals surface area contributed by atoms with Crippen LogP contribution in [0.5, 0.6) is 0 Å². The molecule has 1 unspecified atom stereocenters. The molecule has 1 saturated carbocycles. The first-order valence-electron chi connectivity index (χ1n) is 4.75. The average molecular weight is 211 g/mol. The van der Waals surface area contributed by atoms with E-state index >= 15 is 0 Å². The third kappa shape index (κ3) is 2.19.